The van der Waals surface area contributed by atoms with Crippen LogP contribution in [0.25, 0.3) is 22.3 Å². The second-order valence-corrected chi connectivity index (χ2v) is 7.16. The number of nitrogens with zero attached hydrogens (tertiary/aromatic N) is 2. The van der Waals surface area contributed by atoms with Gasteiger partial charge in [-0.3, -0.25) is 5.10 Å². The van der Waals surface area contributed by atoms with E-state index >= 15 is 0 Å². The Labute approximate surface area is 175 Å². The van der Waals surface area contributed by atoms with Crippen LogP contribution in [0.4, 0.5) is 0 Å². The van der Waals surface area contributed by atoms with Gasteiger partial charge in [0.2, 0.25) is 0 Å². The number of imidazole rings is 1. The van der Waals surface area contributed by atoms with Crippen molar-refractivity contribution in [3.05, 3.63) is 60.6 Å². The molecule has 156 valence electrons. The Kier molecular flexibility index (Phi) is 6.41. The van der Waals surface area contributed by atoms with E-state index in [-0.39, 0.29) is 5.92 Å². The number of hydrogen-bond acceptors (Lipinski definition) is 5. The van der Waals surface area contributed by atoms with Gasteiger partial charge in [0.25, 0.3) is 0 Å². The summed E-state index contributed by atoms with van der Waals surface area (Å²) in [4.78, 5) is 8.25. The molecule has 4 aromatic rings. The van der Waals surface area contributed by atoms with Gasteiger partial charge in [0.05, 0.1) is 16.7 Å². The van der Waals surface area contributed by atoms with Crippen molar-refractivity contribution >= 4 is 11.0 Å². The van der Waals surface area contributed by atoms with E-state index < -0.39 is 0 Å². The molecule has 0 radical (unpaired) electrons. The fraction of sp³-hybridized carbons (Fsp3) is 0.304. The molecular formula is C23H26N4O3. The first-order chi connectivity index (χ1) is 14.8. The molecule has 0 saturated heterocycles. The number of ether oxygens (including phenoxy) is 3. The van der Waals surface area contributed by atoms with Gasteiger partial charge in [-0.1, -0.05) is 0 Å². The molecule has 0 saturated carbocycles. The van der Waals surface area contributed by atoms with E-state index in [1.807, 2.05) is 48.5 Å². The molecule has 0 atom stereocenters. The Morgan fingerprint density at radius 2 is 1.63 bits per heavy atom. The first kappa shape index (κ1) is 20.1. The lowest BCUT2D eigenvalue weighted by Gasteiger charge is -2.13. The fourth-order valence-corrected chi connectivity index (χ4v) is 3.46. The molecule has 2 heterocycles. The highest BCUT2D eigenvalue weighted by atomic mass is 16.5. The molecule has 2 aromatic carbocycles. The topological polar surface area (TPSA) is 85.0 Å². The van der Waals surface area contributed by atoms with Crippen molar-refractivity contribution in [3.63, 3.8) is 0 Å². The van der Waals surface area contributed by atoms with Crippen LogP contribution in [0.3, 0.4) is 0 Å². The van der Waals surface area contributed by atoms with Crippen molar-refractivity contribution in [3.8, 4) is 22.8 Å². The van der Waals surface area contributed by atoms with Gasteiger partial charge >= 0.3 is 0 Å². The molecule has 0 aliphatic rings. The average Bonchev–Trinajstić information content (AvgIpc) is 3.44. The van der Waals surface area contributed by atoms with E-state index in [9.17, 15) is 0 Å². The minimum absolute atomic E-state index is 0.261. The minimum Gasteiger partial charge on any atom is -0.457 e. The predicted octanol–water partition coefficient (Wildman–Crippen LogP) is 4.90. The lowest BCUT2D eigenvalue weighted by atomic mass is 10.0. The van der Waals surface area contributed by atoms with Gasteiger partial charge in [-0.2, -0.15) is 5.10 Å². The molecule has 7 nitrogen and oxygen atoms in total. The van der Waals surface area contributed by atoms with Crippen LogP contribution in [0.1, 0.15) is 24.6 Å². The fourth-order valence-electron chi connectivity index (χ4n) is 3.46. The standard InChI is InChI=1S/C23H26N4O3/c1-28-13-10-17(11-14-29-2)23-25-21-8-7-19(15-22(21)26-23)30-18-5-3-16(4-6-18)20-9-12-24-27-20/h3-9,12,15,17H,10-11,13-14H2,1-2H3,(H,24,27)(H,25,26). The summed E-state index contributed by atoms with van der Waals surface area (Å²) < 4.78 is 16.6. The predicted molar refractivity (Wildman–Crippen MR) is 116 cm³/mol. The number of aromatic amines is 2. The normalized spacial score (nSPS) is 11.4. The summed E-state index contributed by atoms with van der Waals surface area (Å²) >= 11 is 0. The third-order valence-electron chi connectivity index (χ3n) is 5.10. The van der Waals surface area contributed by atoms with E-state index in [2.05, 4.69) is 15.2 Å². The molecule has 2 aromatic heterocycles. The zero-order chi connectivity index (χ0) is 20.8. The third-order valence-corrected chi connectivity index (χ3v) is 5.10. The lowest BCUT2D eigenvalue weighted by molar-refractivity contribution is 0.162. The van der Waals surface area contributed by atoms with E-state index in [1.165, 1.54) is 0 Å². The van der Waals surface area contributed by atoms with Crippen LogP contribution in [0, 0.1) is 0 Å². The highest BCUT2D eigenvalue weighted by Crippen LogP contribution is 2.29. The number of aromatic nitrogens is 4. The molecule has 2 N–H and O–H groups in total. The molecule has 30 heavy (non-hydrogen) atoms. The number of benzene rings is 2. The summed E-state index contributed by atoms with van der Waals surface area (Å²) in [6, 6.07) is 15.8. The average molecular weight is 406 g/mol. The zero-order valence-electron chi connectivity index (χ0n) is 17.2. The van der Waals surface area contributed by atoms with E-state index in [0.717, 1.165) is 52.5 Å². The number of hydrogen-bond donors (Lipinski definition) is 2. The van der Waals surface area contributed by atoms with Crippen molar-refractivity contribution in [2.45, 2.75) is 18.8 Å². The minimum atomic E-state index is 0.261. The number of nitrogens with one attached hydrogen (secondary N) is 2. The van der Waals surface area contributed by atoms with Crippen LogP contribution >= 0.6 is 0 Å². The van der Waals surface area contributed by atoms with Crippen molar-refractivity contribution < 1.29 is 14.2 Å². The van der Waals surface area contributed by atoms with Crippen LogP contribution in [0.15, 0.2) is 54.7 Å². The van der Waals surface area contributed by atoms with Crippen molar-refractivity contribution in [1.82, 2.24) is 20.2 Å². The molecule has 7 heteroatoms. The molecule has 0 bridgehead atoms. The molecular weight excluding hydrogens is 380 g/mol. The summed E-state index contributed by atoms with van der Waals surface area (Å²) in [5, 5.41) is 6.95. The monoisotopic (exact) mass is 406 g/mol. The van der Waals surface area contributed by atoms with Gasteiger partial charge in [-0.15, -0.1) is 0 Å². The highest BCUT2D eigenvalue weighted by Gasteiger charge is 2.16. The summed E-state index contributed by atoms with van der Waals surface area (Å²) in [7, 11) is 3.44. The maximum absolute atomic E-state index is 6.04. The first-order valence-electron chi connectivity index (χ1n) is 10.0. The van der Waals surface area contributed by atoms with Gasteiger partial charge < -0.3 is 19.2 Å². The summed E-state index contributed by atoms with van der Waals surface area (Å²) in [6.07, 6.45) is 3.53. The number of rotatable bonds is 10. The largest absolute Gasteiger partial charge is 0.457 e. The van der Waals surface area contributed by atoms with Crippen molar-refractivity contribution in [2.24, 2.45) is 0 Å². The maximum atomic E-state index is 6.04. The summed E-state index contributed by atoms with van der Waals surface area (Å²) in [5.41, 5.74) is 3.91. The van der Waals surface area contributed by atoms with E-state index in [4.69, 9.17) is 19.2 Å². The Balaban J connectivity index is 1.50. The smallest absolute Gasteiger partial charge is 0.129 e. The SMILES string of the molecule is COCCC(CCOC)c1nc2cc(Oc3ccc(-c4ccn[nH]4)cc3)ccc2[nH]1. The number of H-pyrrole nitrogens is 2. The van der Waals surface area contributed by atoms with Crippen LogP contribution < -0.4 is 4.74 Å². The molecule has 0 aliphatic carbocycles. The Morgan fingerprint density at radius 1 is 0.900 bits per heavy atom. The first-order valence-corrected chi connectivity index (χ1v) is 10.0. The Morgan fingerprint density at radius 3 is 2.30 bits per heavy atom. The Bertz CT molecular complexity index is 1050. The number of fused-ring (bicyclic) bond motifs is 1. The van der Waals surface area contributed by atoms with Crippen molar-refractivity contribution in [1.29, 1.82) is 0 Å². The van der Waals surface area contributed by atoms with Gasteiger partial charge in [0.15, 0.2) is 0 Å². The third kappa shape index (κ3) is 4.69. The van der Waals surface area contributed by atoms with Gasteiger partial charge in [-0.25, -0.2) is 4.98 Å². The summed E-state index contributed by atoms with van der Waals surface area (Å²) in [5.74, 6) is 2.74. The molecule has 0 amide bonds. The lowest BCUT2D eigenvalue weighted by Crippen LogP contribution is -2.08. The van der Waals surface area contributed by atoms with Gasteiger partial charge in [-0.05, 0) is 60.9 Å². The maximum Gasteiger partial charge on any atom is 0.129 e. The van der Waals surface area contributed by atoms with Crippen LogP contribution in [0.5, 0.6) is 11.5 Å². The quantitative estimate of drug-likeness (QED) is 0.391. The van der Waals surface area contributed by atoms with Crippen LogP contribution in [-0.2, 0) is 9.47 Å². The second kappa shape index (κ2) is 9.56. The number of methoxy groups -OCH3 is 2. The Hall–Kier alpha value is -3.16. The van der Waals surface area contributed by atoms with Gasteiger partial charge in [0, 0.05) is 45.6 Å². The van der Waals surface area contributed by atoms with Gasteiger partial charge in [0.1, 0.15) is 17.3 Å². The van der Waals surface area contributed by atoms with Crippen LogP contribution in [0.2, 0.25) is 0 Å². The molecule has 0 aliphatic heterocycles. The second-order valence-electron chi connectivity index (χ2n) is 7.16. The molecule has 0 spiro atoms. The molecule has 0 unspecified atom stereocenters. The van der Waals surface area contributed by atoms with Crippen LogP contribution in [-0.4, -0.2) is 47.6 Å². The molecule has 4 rings (SSSR count). The molecule has 0 fully saturated rings. The van der Waals surface area contributed by atoms with Crippen molar-refractivity contribution in [2.75, 3.05) is 27.4 Å². The van der Waals surface area contributed by atoms with E-state index in [1.54, 1.807) is 20.4 Å². The highest BCUT2D eigenvalue weighted by molar-refractivity contribution is 5.77. The summed E-state index contributed by atoms with van der Waals surface area (Å²) in [6.45, 7) is 1.38. The zero-order valence-corrected chi connectivity index (χ0v) is 17.2. The van der Waals surface area contributed by atoms with E-state index in [0.29, 0.717) is 13.2 Å².